The van der Waals surface area contributed by atoms with Gasteiger partial charge in [-0.25, -0.2) is 0 Å². The van der Waals surface area contributed by atoms with Crippen LogP contribution < -0.4 is 11.1 Å². The highest BCUT2D eigenvalue weighted by Gasteiger charge is 2.34. The molecule has 1 unspecified atom stereocenters. The third-order valence-electron chi connectivity index (χ3n) is 4.35. The lowest BCUT2D eigenvalue weighted by atomic mass is 9.80. The molecule has 1 aliphatic rings. The van der Waals surface area contributed by atoms with E-state index in [0.29, 0.717) is 0 Å². The van der Waals surface area contributed by atoms with E-state index >= 15 is 0 Å². The fourth-order valence-corrected chi connectivity index (χ4v) is 2.66. The van der Waals surface area contributed by atoms with E-state index in [1.807, 2.05) is 13.8 Å². The number of rotatable bonds is 5. The first-order valence-electron chi connectivity index (χ1n) is 7.10. The molecule has 1 rings (SSSR count). The number of amides is 1. The van der Waals surface area contributed by atoms with Crippen LogP contribution in [0.5, 0.6) is 0 Å². The van der Waals surface area contributed by atoms with Crippen LogP contribution in [0, 0.1) is 5.92 Å². The molecule has 1 saturated carbocycles. The van der Waals surface area contributed by atoms with Gasteiger partial charge in [-0.1, -0.05) is 33.1 Å². The van der Waals surface area contributed by atoms with E-state index in [0.717, 1.165) is 19.4 Å². The molecule has 1 fully saturated rings. The first-order valence-corrected chi connectivity index (χ1v) is 7.10. The predicted octanol–water partition coefficient (Wildman–Crippen LogP) is 1.35. The average Bonchev–Trinajstić information content (AvgIpc) is 2.35. The monoisotopic (exact) mass is 255 g/mol. The number of carbonyl (C=O) groups excluding carboxylic acids is 1. The van der Waals surface area contributed by atoms with E-state index in [9.17, 15) is 4.79 Å². The molecule has 3 N–H and O–H groups in total. The SMILES string of the molecule is CC(C)C(N)C(=O)NCC1(N(C)C)CCCCC1. The molecule has 1 aliphatic carbocycles. The Morgan fingerprint density at radius 2 is 1.83 bits per heavy atom. The molecule has 0 aromatic rings. The molecule has 0 spiro atoms. The van der Waals surface area contributed by atoms with Crippen molar-refractivity contribution in [2.45, 2.75) is 57.5 Å². The van der Waals surface area contributed by atoms with E-state index in [-0.39, 0.29) is 17.4 Å². The van der Waals surface area contributed by atoms with E-state index in [1.165, 1.54) is 19.3 Å². The number of nitrogens with two attached hydrogens (primary N) is 1. The molecule has 4 heteroatoms. The number of hydrogen-bond donors (Lipinski definition) is 2. The van der Waals surface area contributed by atoms with Gasteiger partial charge in [-0.15, -0.1) is 0 Å². The van der Waals surface area contributed by atoms with Crippen molar-refractivity contribution in [2.24, 2.45) is 11.7 Å². The summed E-state index contributed by atoms with van der Waals surface area (Å²) in [5, 5.41) is 3.05. The van der Waals surface area contributed by atoms with Crippen molar-refractivity contribution >= 4 is 5.91 Å². The van der Waals surface area contributed by atoms with Crippen molar-refractivity contribution in [3.63, 3.8) is 0 Å². The molecule has 1 atom stereocenters. The normalized spacial score (nSPS) is 21.1. The maximum atomic E-state index is 11.9. The zero-order valence-corrected chi connectivity index (χ0v) is 12.3. The Morgan fingerprint density at radius 3 is 2.28 bits per heavy atom. The van der Waals surface area contributed by atoms with Gasteiger partial charge in [0.15, 0.2) is 0 Å². The van der Waals surface area contributed by atoms with E-state index in [2.05, 4.69) is 24.3 Å². The van der Waals surface area contributed by atoms with Crippen molar-refractivity contribution in [3.8, 4) is 0 Å². The van der Waals surface area contributed by atoms with Gasteiger partial charge < -0.3 is 16.0 Å². The molecule has 0 aromatic carbocycles. The lowest BCUT2D eigenvalue weighted by Crippen LogP contribution is -2.56. The van der Waals surface area contributed by atoms with Crippen molar-refractivity contribution in [1.29, 1.82) is 0 Å². The lowest BCUT2D eigenvalue weighted by molar-refractivity contribution is -0.124. The van der Waals surface area contributed by atoms with E-state index in [1.54, 1.807) is 0 Å². The topological polar surface area (TPSA) is 58.4 Å². The number of hydrogen-bond acceptors (Lipinski definition) is 3. The molecular weight excluding hydrogens is 226 g/mol. The van der Waals surface area contributed by atoms with Crippen LogP contribution in [-0.2, 0) is 4.79 Å². The van der Waals surface area contributed by atoms with E-state index in [4.69, 9.17) is 5.73 Å². The van der Waals surface area contributed by atoms with Crippen LogP contribution in [-0.4, -0.2) is 43.0 Å². The summed E-state index contributed by atoms with van der Waals surface area (Å²) in [7, 11) is 4.22. The van der Waals surface area contributed by atoms with Crippen molar-refractivity contribution in [3.05, 3.63) is 0 Å². The molecule has 0 aliphatic heterocycles. The van der Waals surface area contributed by atoms with Gasteiger partial charge in [0.05, 0.1) is 6.04 Å². The Bertz CT molecular complexity index is 270. The highest BCUT2D eigenvalue weighted by Crippen LogP contribution is 2.31. The molecule has 106 valence electrons. The molecule has 4 nitrogen and oxygen atoms in total. The van der Waals surface area contributed by atoms with Crippen LogP contribution in [0.25, 0.3) is 0 Å². The molecule has 0 radical (unpaired) electrons. The highest BCUT2D eigenvalue weighted by atomic mass is 16.2. The van der Waals surface area contributed by atoms with Crippen molar-refractivity contribution in [1.82, 2.24) is 10.2 Å². The second kappa shape index (κ2) is 6.53. The minimum atomic E-state index is -0.396. The van der Waals surface area contributed by atoms with Crippen LogP contribution in [0.15, 0.2) is 0 Å². The lowest BCUT2D eigenvalue weighted by Gasteiger charge is -2.43. The molecule has 0 aromatic heterocycles. The molecule has 0 bridgehead atoms. The number of carbonyl (C=O) groups is 1. The third kappa shape index (κ3) is 3.69. The quantitative estimate of drug-likeness (QED) is 0.779. The summed E-state index contributed by atoms with van der Waals surface area (Å²) in [6.07, 6.45) is 6.15. The Kier molecular flexibility index (Phi) is 5.60. The fourth-order valence-electron chi connectivity index (χ4n) is 2.66. The minimum Gasteiger partial charge on any atom is -0.353 e. The molecular formula is C14H29N3O. The maximum Gasteiger partial charge on any atom is 0.237 e. The number of nitrogens with zero attached hydrogens (tertiary/aromatic N) is 1. The van der Waals surface area contributed by atoms with Gasteiger partial charge in [0.1, 0.15) is 0 Å². The summed E-state index contributed by atoms with van der Waals surface area (Å²) in [6, 6.07) is -0.396. The van der Waals surface area contributed by atoms with Gasteiger partial charge >= 0.3 is 0 Å². The van der Waals surface area contributed by atoms with Gasteiger partial charge in [0, 0.05) is 12.1 Å². The number of nitrogens with one attached hydrogen (secondary N) is 1. The highest BCUT2D eigenvalue weighted by molar-refractivity contribution is 5.81. The van der Waals surface area contributed by atoms with Crippen molar-refractivity contribution < 1.29 is 4.79 Å². The summed E-state index contributed by atoms with van der Waals surface area (Å²) < 4.78 is 0. The first kappa shape index (κ1) is 15.4. The fraction of sp³-hybridized carbons (Fsp3) is 0.929. The number of likely N-dealkylation sites (N-methyl/N-ethyl adjacent to an activating group) is 1. The third-order valence-corrected chi connectivity index (χ3v) is 4.35. The second-order valence-electron chi connectivity index (χ2n) is 6.17. The van der Waals surface area contributed by atoms with Crippen molar-refractivity contribution in [2.75, 3.05) is 20.6 Å². The van der Waals surface area contributed by atoms with Crippen LogP contribution in [0.1, 0.15) is 46.0 Å². The Labute approximate surface area is 111 Å². The Morgan fingerprint density at radius 1 is 1.28 bits per heavy atom. The van der Waals surface area contributed by atoms with Crippen LogP contribution in [0.4, 0.5) is 0 Å². The zero-order valence-electron chi connectivity index (χ0n) is 12.3. The molecule has 18 heavy (non-hydrogen) atoms. The van der Waals surface area contributed by atoms with Gasteiger partial charge in [-0.3, -0.25) is 4.79 Å². The summed E-state index contributed by atoms with van der Waals surface area (Å²) in [4.78, 5) is 14.2. The molecule has 0 saturated heterocycles. The largest absolute Gasteiger partial charge is 0.353 e. The standard InChI is InChI=1S/C14H29N3O/c1-11(2)12(15)13(18)16-10-14(17(3)4)8-6-5-7-9-14/h11-12H,5-10,15H2,1-4H3,(H,16,18). The smallest absolute Gasteiger partial charge is 0.237 e. The summed E-state index contributed by atoms with van der Waals surface area (Å²) in [5.74, 6) is 0.170. The van der Waals surface area contributed by atoms with Gasteiger partial charge in [0.25, 0.3) is 0 Å². The van der Waals surface area contributed by atoms with Crippen LogP contribution in [0.3, 0.4) is 0 Å². The van der Waals surface area contributed by atoms with E-state index < -0.39 is 6.04 Å². The van der Waals surface area contributed by atoms with Gasteiger partial charge in [-0.05, 0) is 32.9 Å². The summed E-state index contributed by atoms with van der Waals surface area (Å²) in [5.41, 5.74) is 6.00. The molecule has 1 amide bonds. The predicted molar refractivity (Wildman–Crippen MR) is 75.3 cm³/mol. The van der Waals surface area contributed by atoms with Gasteiger partial charge in [-0.2, -0.15) is 0 Å². The van der Waals surface area contributed by atoms with Crippen LogP contribution in [0.2, 0.25) is 0 Å². The zero-order chi connectivity index (χ0) is 13.8. The average molecular weight is 255 g/mol. The Hall–Kier alpha value is -0.610. The molecule has 0 heterocycles. The second-order valence-corrected chi connectivity index (χ2v) is 6.17. The van der Waals surface area contributed by atoms with Crippen LogP contribution >= 0.6 is 0 Å². The first-order chi connectivity index (χ1) is 8.39. The minimum absolute atomic E-state index is 0.0169. The summed E-state index contributed by atoms with van der Waals surface area (Å²) in [6.45, 7) is 4.68. The summed E-state index contributed by atoms with van der Waals surface area (Å²) >= 11 is 0. The maximum absolute atomic E-state index is 11.9. The Balaban J connectivity index is 2.55. The van der Waals surface area contributed by atoms with Gasteiger partial charge in [0.2, 0.25) is 5.91 Å².